The summed E-state index contributed by atoms with van der Waals surface area (Å²) in [5.74, 6) is -0.965. The highest BCUT2D eigenvalue weighted by Crippen LogP contribution is 2.17. The molecule has 0 saturated heterocycles. The van der Waals surface area contributed by atoms with Gasteiger partial charge in [0.05, 0.1) is 6.20 Å². The van der Waals surface area contributed by atoms with Crippen molar-refractivity contribution in [2.75, 3.05) is 11.9 Å². The van der Waals surface area contributed by atoms with E-state index in [1.165, 1.54) is 17.0 Å². The first kappa shape index (κ1) is 14.4. The van der Waals surface area contributed by atoms with E-state index in [0.717, 1.165) is 6.20 Å². The summed E-state index contributed by atoms with van der Waals surface area (Å²) in [5.41, 5.74) is 6.64. The van der Waals surface area contributed by atoms with E-state index in [2.05, 4.69) is 10.1 Å². The van der Waals surface area contributed by atoms with E-state index in [1.807, 2.05) is 0 Å². The Morgan fingerprint density at radius 3 is 2.76 bits per heavy atom. The molecule has 0 saturated carbocycles. The number of carbonyl (C=O) groups is 1. The number of hydrogen-bond acceptors (Lipinski definition) is 4. The van der Waals surface area contributed by atoms with Gasteiger partial charge in [-0.1, -0.05) is 17.3 Å². The normalized spacial score (nSPS) is 11.2. The topological polar surface area (TPSA) is 91.8 Å². The van der Waals surface area contributed by atoms with Crippen LogP contribution < -0.4 is 10.6 Å². The van der Waals surface area contributed by atoms with Crippen molar-refractivity contribution in [3.05, 3.63) is 59.7 Å². The molecule has 0 aliphatic rings. The summed E-state index contributed by atoms with van der Waals surface area (Å²) in [6.07, 6.45) is 0.980. The van der Waals surface area contributed by atoms with E-state index < -0.39 is 11.7 Å². The van der Waals surface area contributed by atoms with Gasteiger partial charge in [0.15, 0.2) is 5.84 Å². The highest BCUT2D eigenvalue weighted by molar-refractivity contribution is 6.05. The molecule has 1 heterocycles. The van der Waals surface area contributed by atoms with Crippen molar-refractivity contribution in [1.82, 2.24) is 4.98 Å². The molecule has 21 heavy (non-hydrogen) atoms. The molecule has 7 heteroatoms. The SMILES string of the molecule is CN(C(=O)c1ccc(F)cn1)c1cccc(/C(N)=N/O)c1. The first-order valence-corrected chi connectivity index (χ1v) is 6.00. The van der Waals surface area contributed by atoms with Crippen molar-refractivity contribution in [3.63, 3.8) is 0 Å². The quantitative estimate of drug-likeness (QED) is 0.388. The Bertz CT molecular complexity index is 686. The fraction of sp³-hybridized carbons (Fsp3) is 0.0714. The summed E-state index contributed by atoms with van der Waals surface area (Å²) in [7, 11) is 1.55. The molecule has 2 rings (SSSR count). The van der Waals surface area contributed by atoms with Crippen molar-refractivity contribution < 1.29 is 14.4 Å². The lowest BCUT2D eigenvalue weighted by molar-refractivity contribution is 0.0988. The van der Waals surface area contributed by atoms with Gasteiger partial charge in [0.2, 0.25) is 0 Å². The number of rotatable bonds is 3. The number of amidine groups is 1. The summed E-state index contributed by atoms with van der Waals surface area (Å²) in [5, 5.41) is 11.6. The predicted molar refractivity (Wildman–Crippen MR) is 75.9 cm³/mol. The Morgan fingerprint density at radius 2 is 2.14 bits per heavy atom. The maximum atomic E-state index is 12.8. The summed E-state index contributed by atoms with van der Waals surface area (Å²) >= 11 is 0. The second kappa shape index (κ2) is 6.00. The minimum atomic E-state index is -0.511. The summed E-state index contributed by atoms with van der Waals surface area (Å²) in [6.45, 7) is 0. The molecule has 0 aliphatic carbocycles. The maximum Gasteiger partial charge on any atom is 0.276 e. The molecular formula is C14H13FN4O2. The zero-order valence-corrected chi connectivity index (χ0v) is 11.2. The molecule has 1 aromatic carbocycles. The second-order valence-electron chi connectivity index (χ2n) is 4.26. The van der Waals surface area contributed by atoms with Crippen molar-refractivity contribution in [2.24, 2.45) is 10.9 Å². The standard InChI is InChI=1S/C14H13FN4O2/c1-19(14(20)12-6-5-10(15)8-17-12)11-4-2-3-9(7-11)13(16)18-21/h2-8,21H,1H3,(H2,16,18). The Balaban J connectivity index is 2.29. The fourth-order valence-electron chi connectivity index (χ4n) is 1.72. The average Bonchev–Trinajstić information content (AvgIpc) is 2.53. The third-order valence-corrected chi connectivity index (χ3v) is 2.89. The van der Waals surface area contributed by atoms with Crippen LogP contribution in [-0.4, -0.2) is 29.0 Å². The van der Waals surface area contributed by atoms with Crippen LogP contribution in [0.25, 0.3) is 0 Å². The van der Waals surface area contributed by atoms with E-state index in [1.54, 1.807) is 31.3 Å². The number of aromatic nitrogens is 1. The Labute approximate surface area is 120 Å². The van der Waals surface area contributed by atoms with Gasteiger partial charge in [-0.25, -0.2) is 9.37 Å². The molecule has 0 atom stereocenters. The van der Waals surface area contributed by atoms with Crippen LogP contribution in [0.2, 0.25) is 0 Å². The lowest BCUT2D eigenvalue weighted by atomic mass is 10.1. The third kappa shape index (κ3) is 3.14. The molecule has 1 aromatic heterocycles. The number of carbonyl (C=O) groups excluding carboxylic acids is 1. The van der Waals surface area contributed by atoms with Crippen LogP contribution in [0.4, 0.5) is 10.1 Å². The highest BCUT2D eigenvalue weighted by atomic mass is 19.1. The molecule has 2 aromatic rings. The first-order valence-electron chi connectivity index (χ1n) is 6.00. The van der Waals surface area contributed by atoms with Gasteiger partial charge in [0, 0.05) is 18.3 Å². The average molecular weight is 288 g/mol. The van der Waals surface area contributed by atoms with E-state index >= 15 is 0 Å². The molecule has 0 spiro atoms. The number of hydrogen-bond donors (Lipinski definition) is 2. The van der Waals surface area contributed by atoms with Gasteiger partial charge in [-0.15, -0.1) is 0 Å². The van der Waals surface area contributed by atoms with Gasteiger partial charge in [0.25, 0.3) is 5.91 Å². The van der Waals surface area contributed by atoms with Crippen LogP contribution in [-0.2, 0) is 0 Å². The number of nitrogens with two attached hydrogens (primary N) is 1. The van der Waals surface area contributed by atoms with Crippen LogP contribution >= 0.6 is 0 Å². The Hall–Kier alpha value is -2.96. The van der Waals surface area contributed by atoms with Gasteiger partial charge < -0.3 is 15.8 Å². The van der Waals surface area contributed by atoms with Crippen LogP contribution in [0, 0.1) is 5.82 Å². The van der Waals surface area contributed by atoms with E-state index in [4.69, 9.17) is 10.9 Å². The van der Waals surface area contributed by atoms with E-state index in [0.29, 0.717) is 11.3 Å². The van der Waals surface area contributed by atoms with Gasteiger partial charge in [0.1, 0.15) is 11.5 Å². The Kier molecular flexibility index (Phi) is 4.13. The predicted octanol–water partition coefficient (Wildman–Crippen LogP) is 1.59. The molecule has 0 bridgehead atoms. The highest BCUT2D eigenvalue weighted by Gasteiger charge is 2.15. The second-order valence-corrected chi connectivity index (χ2v) is 4.26. The molecule has 6 nitrogen and oxygen atoms in total. The minimum absolute atomic E-state index is 0.0578. The number of benzene rings is 1. The number of pyridine rings is 1. The van der Waals surface area contributed by atoms with Crippen LogP contribution in [0.5, 0.6) is 0 Å². The molecule has 108 valence electrons. The zero-order valence-electron chi connectivity index (χ0n) is 11.2. The van der Waals surface area contributed by atoms with Crippen molar-refractivity contribution in [3.8, 4) is 0 Å². The smallest absolute Gasteiger partial charge is 0.276 e. The lowest BCUT2D eigenvalue weighted by Gasteiger charge is -2.17. The summed E-state index contributed by atoms with van der Waals surface area (Å²) in [4.78, 5) is 17.3. The molecule has 0 unspecified atom stereocenters. The van der Waals surface area contributed by atoms with Crippen LogP contribution in [0.15, 0.2) is 47.8 Å². The van der Waals surface area contributed by atoms with E-state index in [9.17, 15) is 9.18 Å². The maximum absolute atomic E-state index is 12.8. The molecule has 3 N–H and O–H groups in total. The number of anilines is 1. The minimum Gasteiger partial charge on any atom is -0.409 e. The molecule has 0 fully saturated rings. The molecule has 1 amide bonds. The largest absolute Gasteiger partial charge is 0.409 e. The molecule has 0 aliphatic heterocycles. The van der Waals surface area contributed by atoms with Crippen LogP contribution in [0.3, 0.4) is 0 Å². The van der Waals surface area contributed by atoms with Crippen LogP contribution in [0.1, 0.15) is 16.1 Å². The van der Waals surface area contributed by atoms with Gasteiger partial charge in [-0.3, -0.25) is 4.79 Å². The summed E-state index contributed by atoms with van der Waals surface area (Å²) in [6, 6.07) is 9.08. The van der Waals surface area contributed by atoms with Crippen molar-refractivity contribution >= 4 is 17.4 Å². The monoisotopic (exact) mass is 288 g/mol. The number of nitrogens with zero attached hydrogens (tertiary/aromatic N) is 3. The van der Waals surface area contributed by atoms with Gasteiger partial charge in [-0.2, -0.15) is 0 Å². The number of oxime groups is 1. The lowest BCUT2D eigenvalue weighted by Crippen LogP contribution is -2.27. The zero-order chi connectivity index (χ0) is 15.4. The fourth-order valence-corrected chi connectivity index (χ4v) is 1.72. The van der Waals surface area contributed by atoms with Gasteiger partial charge in [-0.05, 0) is 24.3 Å². The third-order valence-electron chi connectivity index (χ3n) is 2.89. The van der Waals surface area contributed by atoms with Crippen molar-refractivity contribution in [1.29, 1.82) is 0 Å². The number of amides is 1. The number of halogens is 1. The van der Waals surface area contributed by atoms with Crippen molar-refractivity contribution in [2.45, 2.75) is 0 Å². The first-order chi connectivity index (χ1) is 10.0. The Morgan fingerprint density at radius 1 is 1.38 bits per heavy atom. The molecule has 0 radical (unpaired) electrons. The molecular weight excluding hydrogens is 275 g/mol. The summed E-state index contributed by atoms with van der Waals surface area (Å²) < 4.78 is 12.8. The van der Waals surface area contributed by atoms with E-state index in [-0.39, 0.29) is 11.5 Å². The van der Waals surface area contributed by atoms with Gasteiger partial charge >= 0.3 is 0 Å².